The number of amides is 1. The van der Waals surface area contributed by atoms with E-state index in [1.807, 2.05) is 50.4 Å². The van der Waals surface area contributed by atoms with Gasteiger partial charge in [0.15, 0.2) is 0 Å². The fraction of sp³-hybridized carbons (Fsp3) is 0.333. The molecule has 3 N–H and O–H groups in total. The van der Waals surface area contributed by atoms with E-state index in [4.69, 9.17) is 5.73 Å². The Labute approximate surface area is 118 Å². The Morgan fingerprint density at radius 2 is 2.10 bits per heavy atom. The Bertz CT molecular complexity index is 548. The lowest BCUT2D eigenvalue weighted by Gasteiger charge is -2.17. The number of nitrogens with zero attached hydrogens (tertiary/aromatic N) is 2. The van der Waals surface area contributed by atoms with Crippen LogP contribution in [-0.2, 0) is 4.79 Å². The summed E-state index contributed by atoms with van der Waals surface area (Å²) in [6.07, 6.45) is 4.47. The maximum atomic E-state index is 12.0. The molecule has 0 bridgehead atoms. The van der Waals surface area contributed by atoms with Crippen LogP contribution in [0.3, 0.4) is 0 Å². The van der Waals surface area contributed by atoms with Crippen molar-refractivity contribution in [3.8, 4) is 5.69 Å². The molecule has 0 aliphatic carbocycles. The molecule has 5 nitrogen and oxygen atoms in total. The average Bonchev–Trinajstić information content (AvgIpc) is 3.00. The third-order valence-corrected chi connectivity index (χ3v) is 3.46. The Balaban J connectivity index is 2.02. The van der Waals surface area contributed by atoms with Crippen molar-refractivity contribution < 1.29 is 4.79 Å². The molecule has 1 amide bonds. The molecule has 1 aromatic heterocycles. The monoisotopic (exact) mass is 272 g/mol. The first-order valence-corrected chi connectivity index (χ1v) is 6.78. The number of nitrogens with one attached hydrogen (secondary N) is 1. The summed E-state index contributed by atoms with van der Waals surface area (Å²) in [5.74, 6) is 0.0181. The molecule has 1 aromatic carbocycles. The maximum Gasteiger partial charge on any atom is 0.241 e. The largest absolute Gasteiger partial charge is 0.325 e. The summed E-state index contributed by atoms with van der Waals surface area (Å²) in [5.41, 5.74) is 7.58. The molecular weight excluding hydrogens is 252 g/mol. The maximum absolute atomic E-state index is 12.0. The number of rotatable bonds is 5. The molecule has 0 saturated heterocycles. The van der Waals surface area contributed by atoms with E-state index >= 15 is 0 Å². The highest BCUT2D eigenvalue weighted by Crippen LogP contribution is 2.14. The molecule has 1 heterocycles. The molecule has 0 aliphatic heterocycles. The summed E-state index contributed by atoms with van der Waals surface area (Å²) in [5, 5.41) is 6.98. The van der Waals surface area contributed by atoms with Crippen molar-refractivity contribution in [2.45, 2.75) is 26.3 Å². The van der Waals surface area contributed by atoms with Gasteiger partial charge in [-0.3, -0.25) is 4.79 Å². The lowest BCUT2D eigenvalue weighted by molar-refractivity contribution is -0.118. The predicted octanol–water partition coefficient (Wildman–Crippen LogP) is 2.18. The number of benzene rings is 1. The lowest BCUT2D eigenvalue weighted by atomic mass is 9.99. The fourth-order valence-electron chi connectivity index (χ4n) is 1.86. The van der Waals surface area contributed by atoms with E-state index in [2.05, 4.69) is 10.4 Å². The van der Waals surface area contributed by atoms with Gasteiger partial charge >= 0.3 is 0 Å². The van der Waals surface area contributed by atoms with Crippen LogP contribution in [0.2, 0.25) is 0 Å². The van der Waals surface area contributed by atoms with Gasteiger partial charge in [0.2, 0.25) is 5.91 Å². The SMILES string of the molecule is CCC(C)C(N)C(=O)Nc1ccc(-n2cccn2)cc1. The van der Waals surface area contributed by atoms with Gasteiger partial charge in [0.05, 0.1) is 11.7 Å². The minimum atomic E-state index is -0.481. The second-order valence-electron chi connectivity index (χ2n) is 4.90. The van der Waals surface area contributed by atoms with Gasteiger partial charge in [-0.15, -0.1) is 0 Å². The Morgan fingerprint density at radius 3 is 2.65 bits per heavy atom. The third-order valence-electron chi connectivity index (χ3n) is 3.46. The highest BCUT2D eigenvalue weighted by Gasteiger charge is 2.19. The van der Waals surface area contributed by atoms with Crippen LogP contribution >= 0.6 is 0 Å². The number of nitrogens with two attached hydrogens (primary N) is 1. The number of aromatic nitrogens is 2. The number of hydrogen-bond donors (Lipinski definition) is 2. The zero-order valence-electron chi connectivity index (χ0n) is 11.8. The van der Waals surface area contributed by atoms with Gasteiger partial charge in [0, 0.05) is 18.1 Å². The van der Waals surface area contributed by atoms with Crippen LogP contribution in [0.1, 0.15) is 20.3 Å². The Hall–Kier alpha value is -2.14. The van der Waals surface area contributed by atoms with Crippen molar-refractivity contribution in [1.29, 1.82) is 0 Å². The van der Waals surface area contributed by atoms with Gasteiger partial charge in [-0.1, -0.05) is 20.3 Å². The standard InChI is InChI=1S/C15H20N4O/c1-3-11(2)14(16)15(20)18-12-5-7-13(8-6-12)19-10-4-9-17-19/h4-11,14H,3,16H2,1-2H3,(H,18,20). The average molecular weight is 272 g/mol. The molecule has 0 aliphatic rings. The summed E-state index contributed by atoms with van der Waals surface area (Å²) in [6.45, 7) is 4.00. The van der Waals surface area contributed by atoms with Gasteiger partial charge in [-0.05, 0) is 36.2 Å². The zero-order chi connectivity index (χ0) is 14.5. The van der Waals surface area contributed by atoms with Crippen LogP contribution in [0.15, 0.2) is 42.7 Å². The van der Waals surface area contributed by atoms with Crippen LogP contribution in [0.5, 0.6) is 0 Å². The zero-order valence-corrected chi connectivity index (χ0v) is 11.8. The molecule has 2 aromatic rings. The van der Waals surface area contributed by atoms with E-state index in [0.717, 1.165) is 17.8 Å². The van der Waals surface area contributed by atoms with Gasteiger partial charge in [-0.2, -0.15) is 5.10 Å². The van der Waals surface area contributed by atoms with Gasteiger partial charge in [0.1, 0.15) is 0 Å². The molecule has 0 spiro atoms. The van der Waals surface area contributed by atoms with Crippen LogP contribution in [0.25, 0.3) is 5.69 Å². The minimum Gasteiger partial charge on any atom is -0.325 e. The topological polar surface area (TPSA) is 72.9 Å². The van der Waals surface area contributed by atoms with Crippen molar-refractivity contribution in [1.82, 2.24) is 9.78 Å². The Kier molecular flexibility index (Phi) is 4.53. The molecule has 2 atom stereocenters. The third kappa shape index (κ3) is 3.24. The molecule has 0 saturated carbocycles. The highest BCUT2D eigenvalue weighted by molar-refractivity contribution is 5.94. The van der Waals surface area contributed by atoms with Gasteiger partial charge in [-0.25, -0.2) is 4.68 Å². The van der Waals surface area contributed by atoms with E-state index in [0.29, 0.717) is 0 Å². The normalized spacial score (nSPS) is 13.8. The molecule has 20 heavy (non-hydrogen) atoms. The summed E-state index contributed by atoms with van der Waals surface area (Å²) in [4.78, 5) is 12.0. The predicted molar refractivity (Wildman–Crippen MR) is 79.6 cm³/mol. The smallest absolute Gasteiger partial charge is 0.241 e. The van der Waals surface area contributed by atoms with Crippen molar-refractivity contribution in [2.24, 2.45) is 11.7 Å². The molecule has 2 unspecified atom stereocenters. The number of hydrogen-bond acceptors (Lipinski definition) is 3. The molecule has 0 fully saturated rings. The molecule has 5 heteroatoms. The van der Waals surface area contributed by atoms with Crippen molar-refractivity contribution >= 4 is 11.6 Å². The molecule has 106 valence electrons. The van der Waals surface area contributed by atoms with Crippen molar-refractivity contribution in [3.05, 3.63) is 42.7 Å². The quantitative estimate of drug-likeness (QED) is 0.876. The second-order valence-corrected chi connectivity index (χ2v) is 4.90. The Morgan fingerprint density at radius 1 is 1.40 bits per heavy atom. The van der Waals surface area contributed by atoms with Gasteiger partial charge in [0.25, 0.3) is 0 Å². The van der Waals surface area contributed by atoms with E-state index in [1.165, 1.54) is 0 Å². The number of carbonyl (C=O) groups is 1. The van der Waals surface area contributed by atoms with Crippen LogP contribution in [0, 0.1) is 5.92 Å². The first-order chi connectivity index (χ1) is 9.61. The number of carbonyl (C=O) groups excluding carboxylic acids is 1. The van der Waals surface area contributed by atoms with Crippen molar-refractivity contribution in [3.63, 3.8) is 0 Å². The second kappa shape index (κ2) is 6.34. The van der Waals surface area contributed by atoms with E-state index in [1.54, 1.807) is 10.9 Å². The molecular formula is C15H20N4O. The summed E-state index contributed by atoms with van der Waals surface area (Å²) >= 11 is 0. The lowest BCUT2D eigenvalue weighted by Crippen LogP contribution is -2.40. The van der Waals surface area contributed by atoms with Crippen LogP contribution in [-0.4, -0.2) is 21.7 Å². The summed E-state index contributed by atoms with van der Waals surface area (Å²) in [6, 6.07) is 8.87. The van der Waals surface area contributed by atoms with E-state index < -0.39 is 6.04 Å². The highest BCUT2D eigenvalue weighted by atomic mass is 16.2. The van der Waals surface area contributed by atoms with Crippen LogP contribution < -0.4 is 11.1 Å². The summed E-state index contributed by atoms with van der Waals surface area (Å²) in [7, 11) is 0. The first-order valence-electron chi connectivity index (χ1n) is 6.78. The van der Waals surface area contributed by atoms with E-state index in [-0.39, 0.29) is 11.8 Å². The van der Waals surface area contributed by atoms with E-state index in [9.17, 15) is 4.79 Å². The molecule has 2 rings (SSSR count). The molecule has 0 radical (unpaired) electrons. The van der Waals surface area contributed by atoms with Crippen molar-refractivity contribution in [2.75, 3.05) is 5.32 Å². The fourth-order valence-corrected chi connectivity index (χ4v) is 1.86. The number of anilines is 1. The van der Waals surface area contributed by atoms with Crippen LogP contribution in [0.4, 0.5) is 5.69 Å². The summed E-state index contributed by atoms with van der Waals surface area (Å²) < 4.78 is 1.76. The minimum absolute atomic E-state index is 0.147. The van der Waals surface area contributed by atoms with Gasteiger partial charge < -0.3 is 11.1 Å². The first kappa shape index (κ1) is 14.3.